The molecule has 0 aliphatic rings. The summed E-state index contributed by atoms with van der Waals surface area (Å²) in [6, 6.07) is 14.6. The van der Waals surface area contributed by atoms with Crippen LogP contribution in [0, 0.1) is 5.92 Å². The van der Waals surface area contributed by atoms with Crippen molar-refractivity contribution >= 4 is 33.6 Å². The van der Waals surface area contributed by atoms with Gasteiger partial charge in [-0.25, -0.2) is 9.59 Å². The summed E-state index contributed by atoms with van der Waals surface area (Å²) in [6.45, 7) is 7.86. The summed E-state index contributed by atoms with van der Waals surface area (Å²) < 4.78 is 12.1. The lowest BCUT2D eigenvalue weighted by Crippen LogP contribution is -2.40. The first kappa shape index (κ1) is 27.7. The summed E-state index contributed by atoms with van der Waals surface area (Å²) in [5.74, 6) is 0.117. The Kier molecular flexibility index (Phi) is 11.9. The average Bonchev–Trinajstić information content (AvgIpc) is 2.83. The fourth-order valence-electron chi connectivity index (χ4n) is 3.50. The second-order valence-corrected chi connectivity index (χ2v) is 8.96. The Morgan fingerprint density at radius 3 is 2.24 bits per heavy atom. The molecule has 0 aliphatic carbocycles. The fraction of sp³-hybridized carbons (Fsp3) is 0.462. The van der Waals surface area contributed by atoms with Gasteiger partial charge >= 0.3 is 12.0 Å². The molecule has 2 N–H and O–H groups in total. The maximum Gasteiger partial charge on any atom is 0.333 e. The number of ether oxygens (including phenoxy) is 2. The number of nitrogens with one attached hydrogen (secondary N) is 1. The lowest BCUT2D eigenvalue weighted by molar-refractivity contribution is -0.149. The van der Waals surface area contributed by atoms with Crippen molar-refractivity contribution in [1.82, 2.24) is 4.90 Å². The van der Waals surface area contributed by atoms with Crippen LogP contribution >= 0.6 is 15.9 Å². The van der Waals surface area contributed by atoms with E-state index in [-0.39, 0.29) is 6.03 Å². The lowest BCUT2D eigenvalue weighted by atomic mass is 10.0. The largest absolute Gasteiger partial charge is 0.492 e. The third kappa shape index (κ3) is 9.35. The normalized spacial score (nSPS) is 11.8. The Morgan fingerprint density at radius 2 is 1.68 bits per heavy atom. The van der Waals surface area contributed by atoms with Gasteiger partial charge in [-0.15, -0.1) is 0 Å². The summed E-state index contributed by atoms with van der Waals surface area (Å²) in [4.78, 5) is 26.0. The number of carboxylic acid groups (broad SMARTS) is 1. The van der Waals surface area contributed by atoms with Crippen molar-refractivity contribution in [3.63, 3.8) is 0 Å². The number of anilines is 1. The van der Waals surface area contributed by atoms with Crippen LogP contribution in [0.3, 0.4) is 0 Å². The number of benzene rings is 2. The van der Waals surface area contributed by atoms with Crippen LogP contribution in [-0.2, 0) is 16.0 Å². The van der Waals surface area contributed by atoms with E-state index in [1.165, 1.54) is 0 Å². The quantitative estimate of drug-likeness (QED) is 0.318. The van der Waals surface area contributed by atoms with Crippen molar-refractivity contribution in [3.8, 4) is 5.75 Å². The Morgan fingerprint density at radius 1 is 1.03 bits per heavy atom. The molecule has 0 saturated heterocycles. The third-order valence-electron chi connectivity index (χ3n) is 5.63. The molecule has 2 rings (SSSR count). The standard InChI is InChI=1S/C26H35BrN2O5/c1-4-19(5-2)18-29(26(32)28-22-11-9-21(27)10-12-22)15-16-34-23-13-7-20(8-14-23)17-24(25(30)31)33-6-3/h7-14,19,24H,4-6,15-18H2,1-3H3,(H,28,32)(H,30,31). The zero-order valence-corrected chi connectivity index (χ0v) is 21.7. The van der Waals surface area contributed by atoms with Crippen LogP contribution in [0.25, 0.3) is 0 Å². The summed E-state index contributed by atoms with van der Waals surface area (Å²) in [7, 11) is 0. The molecule has 0 spiro atoms. The van der Waals surface area contributed by atoms with Gasteiger partial charge in [-0.1, -0.05) is 54.8 Å². The van der Waals surface area contributed by atoms with Gasteiger partial charge in [-0.05, 0) is 54.8 Å². The first-order valence-electron chi connectivity index (χ1n) is 11.7. The fourth-order valence-corrected chi connectivity index (χ4v) is 3.76. The first-order valence-corrected chi connectivity index (χ1v) is 12.5. The maximum atomic E-state index is 13.0. The molecule has 2 amide bonds. The van der Waals surface area contributed by atoms with Crippen LogP contribution in [0.15, 0.2) is 53.0 Å². The number of hydrogen-bond acceptors (Lipinski definition) is 4. The maximum absolute atomic E-state index is 13.0. The van der Waals surface area contributed by atoms with Gasteiger partial charge in [0.1, 0.15) is 12.4 Å². The number of amides is 2. The first-order chi connectivity index (χ1) is 16.4. The molecule has 0 fully saturated rings. The molecule has 0 heterocycles. The molecule has 2 aromatic rings. The molecule has 1 atom stereocenters. The van der Waals surface area contributed by atoms with Crippen molar-refractivity contribution in [2.45, 2.75) is 46.1 Å². The van der Waals surface area contributed by atoms with E-state index in [1.807, 2.05) is 48.5 Å². The molecule has 186 valence electrons. The summed E-state index contributed by atoms with van der Waals surface area (Å²) in [5, 5.41) is 12.2. The Hall–Kier alpha value is -2.58. The van der Waals surface area contributed by atoms with E-state index < -0.39 is 12.1 Å². The number of urea groups is 1. The molecule has 0 bridgehead atoms. The molecule has 7 nitrogen and oxygen atoms in total. The number of carbonyl (C=O) groups excluding carboxylic acids is 1. The smallest absolute Gasteiger partial charge is 0.333 e. The van der Waals surface area contributed by atoms with Crippen LogP contribution in [0.1, 0.15) is 39.2 Å². The predicted molar refractivity (Wildman–Crippen MR) is 137 cm³/mol. The number of carbonyl (C=O) groups is 2. The molecule has 8 heteroatoms. The van der Waals surface area contributed by atoms with E-state index in [1.54, 1.807) is 11.8 Å². The van der Waals surface area contributed by atoms with E-state index in [2.05, 4.69) is 35.1 Å². The molecule has 0 aromatic heterocycles. The molecular weight excluding hydrogens is 500 g/mol. The second kappa shape index (κ2) is 14.6. The van der Waals surface area contributed by atoms with Crippen LogP contribution in [0.2, 0.25) is 0 Å². The molecule has 34 heavy (non-hydrogen) atoms. The molecule has 0 radical (unpaired) electrons. The van der Waals surface area contributed by atoms with Crippen molar-refractivity contribution in [1.29, 1.82) is 0 Å². The van der Waals surface area contributed by atoms with Crippen molar-refractivity contribution in [2.75, 3.05) is 31.6 Å². The molecule has 2 aromatic carbocycles. The van der Waals surface area contributed by atoms with Gasteiger partial charge in [0.25, 0.3) is 0 Å². The average molecular weight is 535 g/mol. The molecule has 0 saturated carbocycles. The number of halogens is 1. The van der Waals surface area contributed by atoms with Crippen LogP contribution < -0.4 is 10.1 Å². The highest BCUT2D eigenvalue weighted by Crippen LogP contribution is 2.17. The Labute approximate surface area is 210 Å². The highest BCUT2D eigenvalue weighted by Gasteiger charge is 2.19. The number of hydrogen-bond donors (Lipinski definition) is 2. The minimum absolute atomic E-state index is 0.149. The molecular formula is C26H35BrN2O5. The number of rotatable bonds is 14. The van der Waals surface area contributed by atoms with Gasteiger partial charge in [0.05, 0.1) is 6.54 Å². The number of aliphatic carboxylic acids is 1. The van der Waals surface area contributed by atoms with Crippen LogP contribution in [0.5, 0.6) is 5.75 Å². The zero-order valence-electron chi connectivity index (χ0n) is 20.1. The van der Waals surface area contributed by atoms with Crippen LogP contribution in [-0.4, -0.2) is 54.4 Å². The third-order valence-corrected chi connectivity index (χ3v) is 6.16. The van der Waals surface area contributed by atoms with Crippen molar-refractivity contribution in [3.05, 3.63) is 58.6 Å². The SMILES string of the molecule is CCOC(Cc1ccc(OCCN(CC(CC)CC)C(=O)Nc2ccc(Br)cc2)cc1)C(=O)O. The minimum Gasteiger partial charge on any atom is -0.492 e. The lowest BCUT2D eigenvalue weighted by Gasteiger charge is -2.27. The zero-order chi connectivity index (χ0) is 24.9. The number of carboxylic acids is 1. The van der Waals surface area contributed by atoms with Gasteiger partial charge in [0, 0.05) is 29.7 Å². The minimum atomic E-state index is -0.971. The molecule has 1 unspecified atom stereocenters. The summed E-state index contributed by atoms with van der Waals surface area (Å²) in [6.07, 6.45) is 1.43. The Bertz CT molecular complexity index is 885. The second-order valence-electron chi connectivity index (χ2n) is 8.04. The number of nitrogens with zero attached hydrogens (tertiary/aromatic N) is 1. The molecule has 0 aliphatic heterocycles. The van der Waals surface area contributed by atoms with E-state index in [0.29, 0.717) is 44.4 Å². The Balaban J connectivity index is 1.95. The predicted octanol–water partition coefficient (Wildman–Crippen LogP) is 5.83. The highest BCUT2D eigenvalue weighted by molar-refractivity contribution is 9.10. The van der Waals surface area contributed by atoms with Gasteiger partial charge in [0.15, 0.2) is 6.10 Å². The van der Waals surface area contributed by atoms with E-state index in [0.717, 1.165) is 28.6 Å². The van der Waals surface area contributed by atoms with Gasteiger partial charge < -0.3 is 24.8 Å². The summed E-state index contributed by atoms with van der Waals surface area (Å²) in [5.41, 5.74) is 1.60. The van der Waals surface area contributed by atoms with E-state index in [4.69, 9.17) is 9.47 Å². The van der Waals surface area contributed by atoms with E-state index >= 15 is 0 Å². The van der Waals surface area contributed by atoms with Gasteiger partial charge in [-0.3, -0.25) is 0 Å². The monoisotopic (exact) mass is 534 g/mol. The van der Waals surface area contributed by atoms with Crippen LogP contribution in [0.4, 0.5) is 10.5 Å². The highest BCUT2D eigenvalue weighted by atomic mass is 79.9. The van der Waals surface area contributed by atoms with Gasteiger partial charge in [-0.2, -0.15) is 0 Å². The summed E-state index contributed by atoms with van der Waals surface area (Å²) >= 11 is 3.41. The van der Waals surface area contributed by atoms with E-state index in [9.17, 15) is 14.7 Å². The topological polar surface area (TPSA) is 88.1 Å². The van der Waals surface area contributed by atoms with Crippen molar-refractivity contribution < 1.29 is 24.2 Å². The van der Waals surface area contributed by atoms with Crippen molar-refractivity contribution in [2.24, 2.45) is 5.92 Å². The van der Waals surface area contributed by atoms with Gasteiger partial charge in [0.2, 0.25) is 0 Å².